The summed E-state index contributed by atoms with van der Waals surface area (Å²) in [5.74, 6) is 0. The molecule has 1 amide bonds. The third-order valence-electron chi connectivity index (χ3n) is 4.94. The first-order valence-corrected chi connectivity index (χ1v) is 9.30. The molecule has 2 aliphatic rings. The number of benzene rings is 1. The summed E-state index contributed by atoms with van der Waals surface area (Å²) in [6.07, 6.45) is 2.73. The molecule has 1 heterocycles. The van der Waals surface area contributed by atoms with Crippen molar-refractivity contribution in [2.45, 2.75) is 51.3 Å². The predicted octanol–water partition coefficient (Wildman–Crippen LogP) is 3.96. The van der Waals surface area contributed by atoms with Gasteiger partial charge in [-0.05, 0) is 51.5 Å². The monoisotopic (exact) mass is 356 g/mol. The van der Waals surface area contributed by atoms with Crippen LogP contribution in [0.2, 0.25) is 0 Å². The minimum absolute atomic E-state index is 0.235. The quantitative estimate of drug-likeness (QED) is 0.833. The van der Waals surface area contributed by atoms with Crippen LogP contribution in [0.5, 0.6) is 0 Å². The second-order valence-corrected chi connectivity index (χ2v) is 8.12. The number of hydrogen-bond acceptors (Lipinski definition) is 4. The topological polar surface area (TPSA) is 49.2 Å². The molecule has 3 rings (SSSR count). The third-order valence-corrected chi connectivity index (χ3v) is 4.94. The van der Waals surface area contributed by atoms with Gasteiger partial charge in [-0.3, -0.25) is 4.85 Å². The zero-order valence-electron chi connectivity index (χ0n) is 15.9. The third kappa shape index (κ3) is 4.21. The maximum atomic E-state index is 12.1. The summed E-state index contributed by atoms with van der Waals surface area (Å²) in [4.78, 5) is 20.0. The molecule has 140 valence electrons. The summed E-state index contributed by atoms with van der Waals surface area (Å²) >= 11 is 0. The minimum Gasteiger partial charge on any atom is -0.444 e. The van der Waals surface area contributed by atoms with Gasteiger partial charge in [0.1, 0.15) is 5.60 Å². The Morgan fingerprint density at radius 2 is 1.77 bits per heavy atom. The van der Waals surface area contributed by atoms with Crippen molar-refractivity contribution in [1.29, 1.82) is 0 Å². The number of anilines is 2. The van der Waals surface area contributed by atoms with Gasteiger partial charge in [0.05, 0.1) is 0 Å². The van der Waals surface area contributed by atoms with E-state index in [0.717, 1.165) is 43.7 Å². The Hall–Kier alpha value is -2.42. The Kier molecular flexibility index (Phi) is 4.99. The van der Waals surface area contributed by atoms with E-state index >= 15 is 0 Å². The fourth-order valence-electron chi connectivity index (χ4n) is 3.27. The van der Waals surface area contributed by atoms with E-state index in [1.807, 2.05) is 32.9 Å². The summed E-state index contributed by atoms with van der Waals surface area (Å²) in [5.41, 5.74) is 1.29. The summed E-state index contributed by atoms with van der Waals surface area (Å²) in [7, 11) is 0. The highest BCUT2D eigenvalue weighted by Crippen LogP contribution is 2.36. The Bertz CT molecular complexity index is 675. The molecule has 1 saturated carbocycles. The molecule has 0 radical (unpaired) electrons. The van der Waals surface area contributed by atoms with Crippen LogP contribution in [0.15, 0.2) is 24.3 Å². The van der Waals surface area contributed by atoms with Crippen molar-refractivity contribution in [2.24, 2.45) is 0 Å². The first kappa shape index (κ1) is 18.4. The van der Waals surface area contributed by atoms with Crippen LogP contribution in [0.25, 0.3) is 4.85 Å². The van der Waals surface area contributed by atoms with Crippen molar-refractivity contribution in [1.82, 2.24) is 4.90 Å². The molecule has 0 spiro atoms. The minimum atomic E-state index is -0.458. The first-order valence-electron chi connectivity index (χ1n) is 9.30. The van der Waals surface area contributed by atoms with Crippen LogP contribution in [0.1, 0.15) is 40.0 Å². The molecule has 0 unspecified atom stereocenters. The largest absolute Gasteiger partial charge is 0.444 e. The van der Waals surface area contributed by atoms with Gasteiger partial charge in [-0.15, -0.1) is 0 Å². The Balaban J connectivity index is 1.53. The molecular weight excluding hydrogens is 328 g/mol. The van der Waals surface area contributed by atoms with Gasteiger partial charge in [0.25, 0.3) is 0 Å². The molecule has 0 aromatic heterocycles. The zero-order chi connectivity index (χ0) is 18.8. The number of nitrogens with one attached hydrogen (secondary N) is 1. The highest BCUT2D eigenvalue weighted by Gasteiger charge is 2.43. The highest BCUT2D eigenvalue weighted by molar-refractivity contribution is 5.68. The standard InChI is InChI=1S/C20H28N4O2/c1-19(2,3)26-18(25)24-14-12-23(13-15-24)17-8-6-16(7-9-17)22-20(21-4)10-5-11-20/h6-9,22H,5,10-15H2,1-3H3. The van der Waals surface area contributed by atoms with Crippen LogP contribution in [-0.4, -0.2) is 48.4 Å². The fourth-order valence-corrected chi connectivity index (χ4v) is 3.27. The molecule has 1 aromatic rings. The lowest BCUT2D eigenvalue weighted by molar-refractivity contribution is 0.0240. The molecule has 6 nitrogen and oxygen atoms in total. The molecule has 1 saturated heterocycles. The lowest BCUT2D eigenvalue weighted by Crippen LogP contribution is -2.50. The Morgan fingerprint density at radius 1 is 1.15 bits per heavy atom. The van der Waals surface area contributed by atoms with E-state index in [2.05, 4.69) is 27.2 Å². The number of nitrogens with zero attached hydrogens (tertiary/aromatic N) is 3. The van der Waals surface area contributed by atoms with E-state index in [9.17, 15) is 4.79 Å². The van der Waals surface area contributed by atoms with Gasteiger partial charge >= 0.3 is 11.8 Å². The second kappa shape index (κ2) is 7.06. The molecule has 1 aliphatic heterocycles. The van der Waals surface area contributed by atoms with Gasteiger partial charge in [0.15, 0.2) is 0 Å². The van der Waals surface area contributed by atoms with Crippen LogP contribution >= 0.6 is 0 Å². The lowest BCUT2D eigenvalue weighted by atomic mass is 9.85. The number of hydrogen-bond donors (Lipinski definition) is 1. The molecule has 1 aromatic carbocycles. The molecule has 0 bridgehead atoms. The van der Waals surface area contributed by atoms with E-state index < -0.39 is 5.60 Å². The van der Waals surface area contributed by atoms with E-state index in [4.69, 9.17) is 11.3 Å². The van der Waals surface area contributed by atoms with Gasteiger partial charge in [0.2, 0.25) is 0 Å². The molecule has 1 N–H and O–H groups in total. The summed E-state index contributed by atoms with van der Waals surface area (Å²) in [6, 6.07) is 8.26. The van der Waals surface area contributed by atoms with Crippen LogP contribution in [-0.2, 0) is 4.74 Å². The van der Waals surface area contributed by atoms with Crippen LogP contribution in [0.3, 0.4) is 0 Å². The van der Waals surface area contributed by atoms with Gasteiger partial charge in [0, 0.05) is 50.4 Å². The number of amides is 1. The number of carbonyl (C=O) groups is 1. The average molecular weight is 356 g/mol. The van der Waals surface area contributed by atoms with Gasteiger partial charge in [-0.25, -0.2) is 11.4 Å². The summed E-state index contributed by atoms with van der Waals surface area (Å²) in [5, 5.41) is 3.37. The van der Waals surface area contributed by atoms with Gasteiger partial charge in [-0.2, -0.15) is 0 Å². The van der Waals surface area contributed by atoms with Gasteiger partial charge < -0.3 is 19.9 Å². The van der Waals surface area contributed by atoms with Crippen LogP contribution < -0.4 is 10.2 Å². The highest BCUT2D eigenvalue weighted by atomic mass is 16.6. The molecule has 0 atom stereocenters. The SMILES string of the molecule is [C-]#[N+]C1(Nc2ccc(N3CCN(C(=O)OC(C)(C)C)CC3)cc2)CCC1. The zero-order valence-corrected chi connectivity index (χ0v) is 15.9. The average Bonchev–Trinajstić information content (AvgIpc) is 2.57. The molecule has 1 aliphatic carbocycles. The van der Waals surface area contributed by atoms with Crippen molar-refractivity contribution in [3.05, 3.63) is 35.7 Å². The first-order chi connectivity index (χ1) is 12.3. The van der Waals surface area contributed by atoms with Crippen molar-refractivity contribution < 1.29 is 9.53 Å². The van der Waals surface area contributed by atoms with Crippen molar-refractivity contribution in [2.75, 3.05) is 36.4 Å². The predicted molar refractivity (Wildman–Crippen MR) is 103 cm³/mol. The Morgan fingerprint density at radius 3 is 2.23 bits per heavy atom. The molecule has 6 heteroatoms. The second-order valence-electron chi connectivity index (χ2n) is 8.12. The number of ether oxygens (including phenoxy) is 1. The van der Waals surface area contributed by atoms with Crippen molar-refractivity contribution in [3.63, 3.8) is 0 Å². The maximum Gasteiger partial charge on any atom is 0.410 e. The van der Waals surface area contributed by atoms with Gasteiger partial charge in [-0.1, -0.05) is 0 Å². The number of rotatable bonds is 3. The molecular formula is C20H28N4O2. The van der Waals surface area contributed by atoms with Crippen molar-refractivity contribution >= 4 is 17.5 Å². The summed E-state index contributed by atoms with van der Waals surface area (Å²) < 4.78 is 5.44. The van der Waals surface area contributed by atoms with Crippen LogP contribution in [0, 0.1) is 6.57 Å². The van der Waals surface area contributed by atoms with E-state index in [0.29, 0.717) is 13.1 Å². The van der Waals surface area contributed by atoms with E-state index in [1.54, 1.807) is 4.90 Å². The number of piperazine rings is 1. The smallest absolute Gasteiger partial charge is 0.410 e. The Labute approximate surface area is 155 Å². The van der Waals surface area contributed by atoms with E-state index in [-0.39, 0.29) is 11.8 Å². The molecule has 26 heavy (non-hydrogen) atoms. The normalized spacial score (nSPS) is 19.3. The van der Waals surface area contributed by atoms with E-state index in [1.165, 1.54) is 0 Å². The van der Waals surface area contributed by atoms with Crippen molar-refractivity contribution in [3.8, 4) is 0 Å². The van der Waals surface area contributed by atoms with Crippen LogP contribution in [0.4, 0.5) is 16.2 Å². The number of carbonyl (C=O) groups excluding carboxylic acids is 1. The summed E-state index contributed by atoms with van der Waals surface area (Å²) in [6.45, 7) is 15.9. The lowest BCUT2D eigenvalue weighted by Gasteiger charge is -2.37. The maximum absolute atomic E-state index is 12.1. The molecule has 2 fully saturated rings. The fraction of sp³-hybridized carbons (Fsp3) is 0.600.